The number of aliphatic hydroxyl groups is 1. The maximum absolute atomic E-state index is 10.5. The number of pyridine rings is 1. The van der Waals surface area contributed by atoms with Crippen LogP contribution in [0.1, 0.15) is 42.7 Å². The Morgan fingerprint density at radius 2 is 1.29 bits per heavy atom. The van der Waals surface area contributed by atoms with Crippen LogP contribution in [0.4, 0.5) is 0 Å². The molecule has 4 aromatic rings. The lowest BCUT2D eigenvalue weighted by Gasteiger charge is -2.08. The van der Waals surface area contributed by atoms with Gasteiger partial charge in [-0.3, -0.25) is 0 Å². The maximum atomic E-state index is 10.5. The molecule has 3 aromatic carbocycles. The fourth-order valence-corrected chi connectivity index (χ4v) is 3.49. The second-order valence-electron chi connectivity index (χ2n) is 7.45. The Labute approximate surface area is 203 Å². The molecule has 0 bridgehead atoms. The number of ether oxygens (including phenoxy) is 1. The molecule has 0 spiro atoms. The van der Waals surface area contributed by atoms with Crippen LogP contribution in [0.15, 0.2) is 84.9 Å². The summed E-state index contributed by atoms with van der Waals surface area (Å²) in [5.74, 6) is 0.855. The van der Waals surface area contributed by atoms with E-state index in [0.717, 1.165) is 55.0 Å². The van der Waals surface area contributed by atoms with E-state index in [0.29, 0.717) is 13.0 Å². The van der Waals surface area contributed by atoms with Crippen LogP contribution in [0, 0.1) is 0 Å². The molecular formula is C30H35NO3. The number of rotatable bonds is 9. The third kappa shape index (κ3) is 8.45. The first-order valence-corrected chi connectivity index (χ1v) is 11.8. The van der Waals surface area contributed by atoms with E-state index in [-0.39, 0.29) is 0 Å². The van der Waals surface area contributed by atoms with E-state index in [1.807, 2.05) is 50.2 Å². The maximum Gasteiger partial charge on any atom is 0.130 e. The van der Waals surface area contributed by atoms with Crippen molar-refractivity contribution in [1.29, 1.82) is 0 Å². The Kier molecular flexibility index (Phi) is 12.1. The lowest BCUT2D eigenvalue weighted by Crippen LogP contribution is -1.99. The smallest absolute Gasteiger partial charge is 0.130 e. The van der Waals surface area contributed by atoms with Gasteiger partial charge in [0.05, 0.1) is 11.2 Å². The number of carbonyl (C=O) groups is 1. The molecule has 0 fully saturated rings. The third-order valence-corrected chi connectivity index (χ3v) is 5.24. The fraction of sp³-hybridized carbons (Fsp3) is 0.267. The molecule has 0 aliphatic carbocycles. The molecule has 0 saturated carbocycles. The van der Waals surface area contributed by atoms with Crippen molar-refractivity contribution in [1.82, 2.24) is 4.98 Å². The van der Waals surface area contributed by atoms with Crippen molar-refractivity contribution in [3.63, 3.8) is 0 Å². The van der Waals surface area contributed by atoms with Crippen LogP contribution in [0.5, 0.6) is 5.75 Å². The quantitative estimate of drug-likeness (QED) is 0.297. The van der Waals surface area contributed by atoms with Gasteiger partial charge in [0.15, 0.2) is 0 Å². The first kappa shape index (κ1) is 26.7. The number of nitrogens with zero attached hydrogens (tertiary/aromatic N) is 1. The van der Waals surface area contributed by atoms with Crippen molar-refractivity contribution in [2.24, 2.45) is 0 Å². The topological polar surface area (TPSA) is 59.4 Å². The van der Waals surface area contributed by atoms with E-state index >= 15 is 0 Å². The molecule has 178 valence electrons. The average molecular weight is 458 g/mol. The minimum atomic E-state index is 0.459. The van der Waals surface area contributed by atoms with Gasteiger partial charge < -0.3 is 14.6 Å². The number of benzene rings is 3. The normalized spacial score (nSPS) is 9.88. The Morgan fingerprint density at radius 3 is 1.91 bits per heavy atom. The van der Waals surface area contributed by atoms with Crippen LogP contribution in [0.2, 0.25) is 0 Å². The summed E-state index contributed by atoms with van der Waals surface area (Å²) in [6.45, 7) is 4.46. The highest BCUT2D eigenvalue weighted by Crippen LogP contribution is 2.17. The first-order chi connectivity index (χ1) is 16.8. The lowest BCUT2D eigenvalue weighted by molar-refractivity contribution is -0.107. The van der Waals surface area contributed by atoms with Gasteiger partial charge in [0.1, 0.15) is 18.6 Å². The van der Waals surface area contributed by atoms with Gasteiger partial charge in [0.25, 0.3) is 0 Å². The highest BCUT2D eigenvalue weighted by molar-refractivity contribution is 5.78. The van der Waals surface area contributed by atoms with E-state index in [4.69, 9.17) is 9.84 Å². The number of carbonyl (C=O) groups excluding carboxylic acids is 1. The Hall–Kier alpha value is -3.50. The Morgan fingerprint density at radius 1 is 0.735 bits per heavy atom. The van der Waals surface area contributed by atoms with Crippen molar-refractivity contribution >= 4 is 17.2 Å². The monoisotopic (exact) mass is 457 g/mol. The molecule has 34 heavy (non-hydrogen) atoms. The summed E-state index contributed by atoms with van der Waals surface area (Å²) >= 11 is 0. The van der Waals surface area contributed by atoms with Crippen LogP contribution >= 0.6 is 0 Å². The number of aryl methyl sites for hydroxylation is 3. The number of aromatic nitrogens is 1. The lowest BCUT2D eigenvalue weighted by atomic mass is 10.0. The van der Waals surface area contributed by atoms with Gasteiger partial charge in [-0.05, 0) is 60.2 Å². The zero-order chi connectivity index (χ0) is 24.6. The Balaban J connectivity index is 0.000000970. The molecule has 4 rings (SSSR count). The number of para-hydroxylation sites is 1. The molecule has 1 aromatic heterocycles. The van der Waals surface area contributed by atoms with Gasteiger partial charge in [0.2, 0.25) is 0 Å². The summed E-state index contributed by atoms with van der Waals surface area (Å²) in [4.78, 5) is 15.1. The second-order valence-corrected chi connectivity index (χ2v) is 7.45. The first-order valence-electron chi connectivity index (χ1n) is 11.8. The molecule has 0 saturated heterocycles. The van der Waals surface area contributed by atoms with Gasteiger partial charge in [-0.2, -0.15) is 0 Å². The molecule has 0 atom stereocenters. The average Bonchev–Trinajstić information content (AvgIpc) is 2.93. The van der Waals surface area contributed by atoms with Crippen LogP contribution in [-0.2, 0) is 30.7 Å². The fourth-order valence-electron chi connectivity index (χ4n) is 3.49. The number of fused-ring (bicyclic) bond motifs is 1. The predicted octanol–water partition coefficient (Wildman–Crippen LogP) is 6.37. The highest BCUT2D eigenvalue weighted by Gasteiger charge is 2.02. The van der Waals surface area contributed by atoms with Crippen molar-refractivity contribution in [3.05, 3.63) is 107 Å². The summed E-state index contributed by atoms with van der Waals surface area (Å²) < 4.78 is 5.92. The molecule has 0 unspecified atom stereocenters. The highest BCUT2D eigenvalue weighted by atomic mass is 16.5. The van der Waals surface area contributed by atoms with E-state index in [1.54, 1.807) is 0 Å². The minimum absolute atomic E-state index is 0.459. The van der Waals surface area contributed by atoms with Crippen molar-refractivity contribution in [2.75, 3.05) is 7.11 Å². The molecule has 1 heterocycles. The zero-order valence-corrected chi connectivity index (χ0v) is 20.4. The van der Waals surface area contributed by atoms with Crippen molar-refractivity contribution < 1.29 is 14.6 Å². The molecular weight excluding hydrogens is 422 g/mol. The van der Waals surface area contributed by atoms with Crippen molar-refractivity contribution in [3.8, 4) is 5.75 Å². The third-order valence-electron chi connectivity index (χ3n) is 5.24. The molecule has 0 radical (unpaired) electrons. The summed E-state index contributed by atoms with van der Waals surface area (Å²) in [7, 11) is 1.00. The van der Waals surface area contributed by atoms with Crippen LogP contribution in [0.3, 0.4) is 0 Å². The van der Waals surface area contributed by atoms with Gasteiger partial charge in [-0.25, -0.2) is 4.98 Å². The van der Waals surface area contributed by atoms with Gasteiger partial charge in [-0.15, -0.1) is 0 Å². The van der Waals surface area contributed by atoms with Gasteiger partial charge >= 0.3 is 0 Å². The van der Waals surface area contributed by atoms with Crippen molar-refractivity contribution in [2.45, 2.75) is 46.1 Å². The molecule has 0 aliphatic rings. The zero-order valence-electron chi connectivity index (χ0n) is 20.4. The van der Waals surface area contributed by atoms with E-state index in [9.17, 15) is 4.79 Å². The van der Waals surface area contributed by atoms with Crippen LogP contribution in [0.25, 0.3) is 10.9 Å². The SMILES string of the molecule is CC.CO.O=CCCc1ccc(CCc2ccc(OCc3ccc4ccccc4n3)cc2)cc1. The summed E-state index contributed by atoms with van der Waals surface area (Å²) in [6.07, 6.45) is 4.36. The van der Waals surface area contributed by atoms with E-state index in [2.05, 4.69) is 53.5 Å². The van der Waals surface area contributed by atoms with Crippen LogP contribution in [-0.4, -0.2) is 23.5 Å². The largest absolute Gasteiger partial charge is 0.487 e. The van der Waals surface area contributed by atoms with Crippen LogP contribution < -0.4 is 4.74 Å². The molecule has 4 heteroatoms. The standard InChI is InChI=1S/C27H25NO2.C2H6.CH4O/c29-19-3-4-21-7-9-22(10-8-21)11-12-23-13-17-26(18-14-23)30-20-25-16-15-24-5-1-2-6-27(24)28-25;2*1-2/h1-2,5-10,13-19H,3-4,11-12,20H2;1-2H3;2H,1H3. The Bertz CT molecular complexity index is 1110. The number of hydrogen-bond donors (Lipinski definition) is 1. The number of hydrogen-bond acceptors (Lipinski definition) is 4. The molecule has 1 N–H and O–H groups in total. The van der Waals surface area contributed by atoms with Gasteiger partial charge in [0, 0.05) is 18.9 Å². The minimum Gasteiger partial charge on any atom is -0.487 e. The molecule has 0 amide bonds. The number of aliphatic hydroxyl groups excluding tert-OH is 1. The molecule has 4 nitrogen and oxygen atoms in total. The molecule has 0 aliphatic heterocycles. The number of aldehydes is 1. The summed E-state index contributed by atoms with van der Waals surface area (Å²) in [5.41, 5.74) is 5.73. The summed E-state index contributed by atoms with van der Waals surface area (Å²) in [6, 6.07) is 29.1. The van der Waals surface area contributed by atoms with E-state index in [1.165, 1.54) is 16.7 Å². The second kappa shape index (κ2) is 15.4. The predicted molar refractivity (Wildman–Crippen MR) is 140 cm³/mol. The van der Waals surface area contributed by atoms with Gasteiger partial charge in [-0.1, -0.05) is 74.5 Å². The summed E-state index contributed by atoms with van der Waals surface area (Å²) in [5, 5.41) is 8.14. The van der Waals surface area contributed by atoms with E-state index < -0.39 is 0 Å².